The highest BCUT2D eigenvalue weighted by molar-refractivity contribution is 7.84. The fraction of sp³-hybridized carbons (Fsp3) is 0.462. The minimum Gasteiger partial charge on any atom is -0.494 e. The molecule has 0 saturated heterocycles. The van der Waals surface area contributed by atoms with Crippen LogP contribution in [0, 0.1) is 0 Å². The first-order chi connectivity index (χ1) is 9.06. The monoisotopic (exact) mass is 284 g/mol. The molecule has 0 aliphatic rings. The molecule has 1 unspecified atom stereocenters. The first kappa shape index (κ1) is 15.5. The van der Waals surface area contributed by atoms with Crippen LogP contribution in [0.4, 0.5) is 5.69 Å². The van der Waals surface area contributed by atoms with Gasteiger partial charge in [-0.2, -0.15) is 0 Å². The lowest BCUT2D eigenvalue weighted by Crippen LogP contribution is -2.28. The number of nitrogens with two attached hydrogens (primary N) is 1. The quantitative estimate of drug-likeness (QED) is 0.736. The lowest BCUT2D eigenvalue weighted by Gasteiger charge is -2.09. The molecule has 5 nitrogen and oxygen atoms in total. The second-order valence-electron chi connectivity index (χ2n) is 3.91. The normalized spacial score (nSPS) is 11.9. The van der Waals surface area contributed by atoms with Crippen LogP contribution in [0.2, 0.25) is 0 Å². The van der Waals surface area contributed by atoms with E-state index in [-0.39, 0.29) is 5.91 Å². The highest BCUT2D eigenvalue weighted by atomic mass is 32.2. The van der Waals surface area contributed by atoms with Crippen molar-refractivity contribution in [1.82, 2.24) is 5.32 Å². The third-order valence-corrected chi connectivity index (χ3v) is 3.74. The number of anilines is 1. The Morgan fingerprint density at radius 1 is 1.37 bits per heavy atom. The van der Waals surface area contributed by atoms with Gasteiger partial charge in [-0.3, -0.25) is 9.00 Å². The minimum absolute atomic E-state index is 0.235. The summed E-state index contributed by atoms with van der Waals surface area (Å²) >= 11 is 0. The van der Waals surface area contributed by atoms with Crippen molar-refractivity contribution in [3.05, 3.63) is 23.8 Å². The van der Waals surface area contributed by atoms with E-state index in [1.54, 1.807) is 18.2 Å². The van der Waals surface area contributed by atoms with Crippen LogP contribution in [-0.2, 0) is 10.8 Å². The zero-order valence-corrected chi connectivity index (χ0v) is 12.1. The topological polar surface area (TPSA) is 81.4 Å². The summed E-state index contributed by atoms with van der Waals surface area (Å²) in [6, 6.07) is 4.91. The maximum atomic E-state index is 11.9. The summed E-state index contributed by atoms with van der Waals surface area (Å²) in [6.07, 6.45) is 0. The first-order valence-corrected chi connectivity index (χ1v) is 7.72. The number of hydrogen-bond acceptors (Lipinski definition) is 4. The van der Waals surface area contributed by atoms with Gasteiger partial charge in [0.25, 0.3) is 5.91 Å². The summed E-state index contributed by atoms with van der Waals surface area (Å²) in [5, 5.41) is 2.72. The molecule has 1 atom stereocenters. The molecule has 6 heteroatoms. The second kappa shape index (κ2) is 7.78. The molecule has 0 aliphatic heterocycles. The Bertz CT molecular complexity index is 463. The number of rotatable bonds is 7. The zero-order valence-electron chi connectivity index (χ0n) is 11.3. The molecule has 0 aliphatic carbocycles. The van der Waals surface area contributed by atoms with Gasteiger partial charge in [0.2, 0.25) is 0 Å². The summed E-state index contributed by atoms with van der Waals surface area (Å²) in [5.41, 5.74) is 6.65. The number of nitrogen functional groups attached to an aromatic ring is 1. The molecular weight excluding hydrogens is 264 g/mol. The molecule has 0 heterocycles. The van der Waals surface area contributed by atoms with E-state index in [0.717, 1.165) is 0 Å². The maximum Gasteiger partial charge on any atom is 0.251 e. The van der Waals surface area contributed by atoms with E-state index in [1.165, 1.54) is 0 Å². The van der Waals surface area contributed by atoms with Crippen molar-refractivity contribution in [3.63, 3.8) is 0 Å². The van der Waals surface area contributed by atoms with Crippen LogP contribution in [-0.4, -0.2) is 34.8 Å². The van der Waals surface area contributed by atoms with Crippen molar-refractivity contribution in [2.75, 3.05) is 30.4 Å². The molecule has 0 fully saturated rings. The molecule has 3 N–H and O–H groups in total. The third kappa shape index (κ3) is 5.30. The van der Waals surface area contributed by atoms with E-state index in [9.17, 15) is 9.00 Å². The van der Waals surface area contributed by atoms with Gasteiger partial charge in [0.1, 0.15) is 5.75 Å². The molecular formula is C13H20N2O3S. The molecule has 106 valence electrons. The molecule has 0 radical (unpaired) electrons. The molecule has 0 aromatic heterocycles. The van der Waals surface area contributed by atoms with Gasteiger partial charge in [-0.15, -0.1) is 0 Å². The van der Waals surface area contributed by atoms with Crippen LogP contribution in [0.25, 0.3) is 0 Å². The van der Waals surface area contributed by atoms with Crippen LogP contribution in [0.1, 0.15) is 24.2 Å². The van der Waals surface area contributed by atoms with Gasteiger partial charge in [-0.1, -0.05) is 6.92 Å². The average molecular weight is 284 g/mol. The lowest BCUT2D eigenvalue weighted by atomic mass is 10.2. The number of benzene rings is 1. The number of ether oxygens (including phenoxy) is 1. The van der Waals surface area contributed by atoms with E-state index in [4.69, 9.17) is 10.5 Å². The minimum atomic E-state index is -0.876. The van der Waals surface area contributed by atoms with Gasteiger partial charge in [-0.05, 0) is 19.1 Å². The smallest absolute Gasteiger partial charge is 0.251 e. The molecule has 0 bridgehead atoms. The predicted octanol–water partition coefficient (Wildman–Crippen LogP) is 1.17. The number of carbonyl (C=O) groups is 1. The summed E-state index contributed by atoms with van der Waals surface area (Å²) in [6.45, 7) is 4.62. The van der Waals surface area contributed by atoms with E-state index in [0.29, 0.717) is 41.7 Å². The Labute approximate surface area is 116 Å². The van der Waals surface area contributed by atoms with Gasteiger partial charge in [-0.25, -0.2) is 0 Å². The van der Waals surface area contributed by atoms with E-state index in [2.05, 4.69) is 5.32 Å². The molecule has 0 spiro atoms. The van der Waals surface area contributed by atoms with Crippen molar-refractivity contribution in [1.29, 1.82) is 0 Å². The lowest BCUT2D eigenvalue weighted by molar-refractivity contribution is 0.0955. The van der Waals surface area contributed by atoms with Crippen LogP contribution in [0.3, 0.4) is 0 Å². The van der Waals surface area contributed by atoms with E-state index < -0.39 is 10.8 Å². The molecule has 1 aromatic rings. The first-order valence-electron chi connectivity index (χ1n) is 6.23. The van der Waals surface area contributed by atoms with Crippen LogP contribution >= 0.6 is 0 Å². The maximum absolute atomic E-state index is 11.9. The van der Waals surface area contributed by atoms with Gasteiger partial charge >= 0.3 is 0 Å². The summed E-state index contributed by atoms with van der Waals surface area (Å²) in [7, 11) is -0.876. The molecule has 1 rings (SSSR count). The molecule has 1 aromatic carbocycles. The Kier molecular flexibility index (Phi) is 6.35. The largest absolute Gasteiger partial charge is 0.494 e. The molecule has 19 heavy (non-hydrogen) atoms. The highest BCUT2D eigenvalue weighted by Crippen LogP contribution is 2.18. The highest BCUT2D eigenvalue weighted by Gasteiger charge is 2.08. The standard InChI is InChI=1S/C13H20N2O3S/c1-3-18-12-8-10(7-11(14)9-12)13(16)15-5-6-19(17)4-2/h7-9H,3-6,14H2,1-2H3,(H,15,16). The van der Waals surface area contributed by atoms with Crippen molar-refractivity contribution < 1.29 is 13.7 Å². The Balaban J connectivity index is 2.63. The number of nitrogens with one attached hydrogen (secondary N) is 1. The van der Waals surface area contributed by atoms with Crippen molar-refractivity contribution >= 4 is 22.4 Å². The fourth-order valence-electron chi connectivity index (χ4n) is 1.53. The second-order valence-corrected chi connectivity index (χ2v) is 5.78. The summed E-state index contributed by atoms with van der Waals surface area (Å²) < 4.78 is 16.6. The van der Waals surface area contributed by atoms with Gasteiger partial charge in [0.15, 0.2) is 0 Å². The van der Waals surface area contributed by atoms with Gasteiger partial charge in [0, 0.05) is 46.2 Å². The third-order valence-electron chi connectivity index (χ3n) is 2.44. The fourth-order valence-corrected chi connectivity index (χ4v) is 2.15. The van der Waals surface area contributed by atoms with Crippen LogP contribution < -0.4 is 15.8 Å². The van der Waals surface area contributed by atoms with E-state index >= 15 is 0 Å². The predicted molar refractivity (Wildman–Crippen MR) is 77.9 cm³/mol. The number of carbonyl (C=O) groups excluding carboxylic acids is 1. The molecule has 1 amide bonds. The number of hydrogen-bond donors (Lipinski definition) is 2. The van der Waals surface area contributed by atoms with Crippen molar-refractivity contribution in [2.45, 2.75) is 13.8 Å². The van der Waals surface area contributed by atoms with Crippen LogP contribution in [0.15, 0.2) is 18.2 Å². The summed E-state index contributed by atoms with van der Waals surface area (Å²) in [5.74, 6) is 1.40. The SMILES string of the molecule is CCOc1cc(N)cc(C(=O)NCCS(=O)CC)c1. The Morgan fingerprint density at radius 3 is 2.74 bits per heavy atom. The number of amides is 1. The van der Waals surface area contributed by atoms with Crippen LogP contribution in [0.5, 0.6) is 5.75 Å². The van der Waals surface area contributed by atoms with Crippen molar-refractivity contribution in [3.8, 4) is 5.75 Å². The van der Waals surface area contributed by atoms with Gasteiger partial charge in [0.05, 0.1) is 6.61 Å². The summed E-state index contributed by atoms with van der Waals surface area (Å²) in [4.78, 5) is 11.9. The average Bonchev–Trinajstić information content (AvgIpc) is 2.38. The Hall–Kier alpha value is -1.56. The van der Waals surface area contributed by atoms with Crippen molar-refractivity contribution in [2.24, 2.45) is 0 Å². The van der Waals surface area contributed by atoms with E-state index in [1.807, 2.05) is 13.8 Å². The molecule has 0 saturated carbocycles. The Morgan fingerprint density at radius 2 is 2.11 bits per heavy atom. The van der Waals surface area contributed by atoms with Gasteiger partial charge < -0.3 is 15.8 Å². The zero-order chi connectivity index (χ0) is 14.3.